The van der Waals surface area contributed by atoms with Gasteiger partial charge in [-0.05, 0) is 17.7 Å². The SMILES string of the molecule is COc1cccc(C(CN)n2cc(Cl)cn2)c1. The molecule has 1 unspecified atom stereocenters. The van der Waals surface area contributed by atoms with Crippen molar-refractivity contribution in [2.75, 3.05) is 13.7 Å². The van der Waals surface area contributed by atoms with Gasteiger partial charge in [0.25, 0.3) is 0 Å². The highest BCUT2D eigenvalue weighted by molar-refractivity contribution is 6.30. The number of aromatic nitrogens is 2. The zero-order valence-corrected chi connectivity index (χ0v) is 10.3. The van der Waals surface area contributed by atoms with Gasteiger partial charge < -0.3 is 10.5 Å². The van der Waals surface area contributed by atoms with E-state index in [1.165, 1.54) is 0 Å². The summed E-state index contributed by atoms with van der Waals surface area (Å²) >= 11 is 5.86. The molecule has 1 aromatic heterocycles. The molecule has 0 spiro atoms. The largest absolute Gasteiger partial charge is 0.497 e. The highest BCUT2D eigenvalue weighted by Gasteiger charge is 2.13. The first-order valence-electron chi connectivity index (χ1n) is 5.28. The Hall–Kier alpha value is -1.52. The fourth-order valence-corrected chi connectivity index (χ4v) is 1.87. The van der Waals surface area contributed by atoms with Crippen LogP contribution >= 0.6 is 11.6 Å². The van der Waals surface area contributed by atoms with Crippen molar-refractivity contribution >= 4 is 11.6 Å². The predicted octanol–water partition coefficient (Wildman–Crippen LogP) is 2.09. The molecule has 0 radical (unpaired) electrons. The van der Waals surface area contributed by atoms with Gasteiger partial charge in [0, 0.05) is 12.7 Å². The first-order chi connectivity index (χ1) is 8.24. The van der Waals surface area contributed by atoms with Gasteiger partial charge in [-0.15, -0.1) is 0 Å². The first kappa shape index (κ1) is 12.0. The Morgan fingerprint density at radius 2 is 2.35 bits per heavy atom. The summed E-state index contributed by atoms with van der Waals surface area (Å²) in [5, 5.41) is 4.79. The molecule has 5 heteroatoms. The molecule has 0 fully saturated rings. The van der Waals surface area contributed by atoms with Crippen LogP contribution in [0.1, 0.15) is 11.6 Å². The Labute approximate surface area is 105 Å². The molecule has 0 saturated carbocycles. The Kier molecular flexibility index (Phi) is 3.66. The third-order valence-electron chi connectivity index (χ3n) is 2.59. The third kappa shape index (κ3) is 2.60. The van der Waals surface area contributed by atoms with Gasteiger partial charge in [-0.3, -0.25) is 4.68 Å². The van der Waals surface area contributed by atoms with Crippen molar-refractivity contribution in [3.05, 3.63) is 47.2 Å². The lowest BCUT2D eigenvalue weighted by Gasteiger charge is -2.16. The van der Waals surface area contributed by atoms with Crippen molar-refractivity contribution in [2.45, 2.75) is 6.04 Å². The second-order valence-electron chi connectivity index (χ2n) is 3.67. The van der Waals surface area contributed by atoms with Crippen LogP contribution in [0.5, 0.6) is 5.75 Å². The van der Waals surface area contributed by atoms with E-state index in [-0.39, 0.29) is 6.04 Å². The van der Waals surface area contributed by atoms with Crippen LogP contribution < -0.4 is 10.5 Å². The van der Waals surface area contributed by atoms with Crippen LogP contribution in [0.2, 0.25) is 5.02 Å². The van der Waals surface area contributed by atoms with Crippen LogP contribution in [0, 0.1) is 0 Å². The fraction of sp³-hybridized carbons (Fsp3) is 0.250. The number of hydrogen-bond donors (Lipinski definition) is 1. The normalized spacial score (nSPS) is 12.4. The molecule has 0 aliphatic carbocycles. The smallest absolute Gasteiger partial charge is 0.119 e. The lowest BCUT2D eigenvalue weighted by molar-refractivity contribution is 0.412. The molecule has 0 bridgehead atoms. The van der Waals surface area contributed by atoms with Crippen molar-refractivity contribution < 1.29 is 4.74 Å². The number of nitrogens with two attached hydrogens (primary N) is 1. The molecule has 0 amide bonds. The van der Waals surface area contributed by atoms with E-state index in [4.69, 9.17) is 22.1 Å². The van der Waals surface area contributed by atoms with Crippen LogP contribution in [-0.4, -0.2) is 23.4 Å². The van der Waals surface area contributed by atoms with E-state index in [1.54, 1.807) is 24.2 Å². The van der Waals surface area contributed by atoms with Gasteiger partial charge in [-0.25, -0.2) is 0 Å². The minimum Gasteiger partial charge on any atom is -0.497 e. The average Bonchev–Trinajstić information content (AvgIpc) is 2.77. The van der Waals surface area contributed by atoms with Gasteiger partial charge in [0.2, 0.25) is 0 Å². The molecule has 4 nitrogen and oxygen atoms in total. The van der Waals surface area contributed by atoms with Crippen LogP contribution in [0.25, 0.3) is 0 Å². The minimum absolute atomic E-state index is 0.0300. The van der Waals surface area contributed by atoms with Gasteiger partial charge in [0.1, 0.15) is 5.75 Å². The Morgan fingerprint density at radius 1 is 1.53 bits per heavy atom. The predicted molar refractivity (Wildman–Crippen MR) is 67.4 cm³/mol. The summed E-state index contributed by atoms with van der Waals surface area (Å²) in [4.78, 5) is 0. The average molecular weight is 252 g/mol. The topological polar surface area (TPSA) is 53.1 Å². The molecule has 0 aliphatic rings. The van der Waals surface area contributed by atoms with Crippen molar-refractivity contribution in [1.82, 2.24) is 9.78 Å². The summed E-state index contributed by atoms with van der Waals surface area (Å²) < 4.78 is 6.96. The Bertz CT molecular complexity index is 498. The van der Waals surface area contributed by atoms with E-state index >= 15 is 0 Å². The zero-order chi connectivity index (χ0) is 12.3. The molecule has 2 aromatic rings. The van der Waals surface area contributed by atoms with Crippen molar-refractivity contribution in [3.63, 3.8) is 0 Å². The monoisotopic (exact) mass is 251 g/mol. The molecule has 1 aromatic carbocycles. The summed E-state index contributed by atoms with van der Waals surface area (Å²) in [7, 11) is 1.64. The molecular weight excluding hydrogens is 238 g/mol. The van der Waals surface area contributed by atoms with Crippen LogP contribution in [-0.2, 0) is 0 Å². The highest BCUT2D eigenvalue weighted by atomic mass is 35.5. The van der Waals surface area contributed by atoms with Crippen molar-refractivity contribution in [3.8, 4) is 5.75 Å². The molecule has 2 N–H and O–H groups in total. The van der Waals surface area contributed by atoms with Gasteiger partial charge in [-0.1, -0.05) is 23.7 Å². The molecule has 90 valence electrons. The minimum atomic E-state index is -0.0300. The van der Waals surface area contributed by atoms with E-state index in [2.05, 4.69) is 5.10 Å². The summed E-state index contributed by atoms with van der Waals surface area (Å²) in [6.07, 6.45) is 3.36. The molecule has 0 aliphatic heterocycles. The summed E-state index contributed by atoms with van der Waals surface area (Å²) in [5.41, 5.74) is 6.84. The first-order valence-corrected chi connectivity index (χ1v) is 5.66. The second kappa shape index (κ2) is 5.21. The second-order valence-corrected chi connectivity index (χ2v) is 4.10. The number of halogens is 1. The highest BCUT2D eigenvalue weighted by Crippen LogP contribution is 2.22. The quantitative estimate of drug-likeness (QED) is 0.905. The molecular formula is C12H14ClN3O. The fourth-order valence-electron chi connectivity index (χ4n) is 1.73. The lowest BCUT2D eigenvalue weighted by Crippen LogP contribution is -2.20. The molecule has 0 saturated heterocycles. The molecule has 1 atom stereocenters. The van der Waals surface area contributed by atoms with Crippen LogP contribution in [0.15, 0.2) is 36.7 Å². The Balaban J connectivity index is 2.34. The zero-order valence-electron chi connectivity index (χ0n) is 9.51. The van der Waals surface area contributed by atoms with E-state index in [9.17, 15) is 0 Å². The molecule has 1 heterocycles. The van der Waals surface area contributed by atoms with E-state index in [0.717, 1.165) is 11.3 Å². The maximum atomic E-state index is 5.86. The number of hydrogen-bond acceptors (Lipinski definition) is 3. The number of ether oxygens (including phenoxy) is 1. The molecule has 2 rings (SSSR count). The van der Waals surface area contributed by atoms with Crippen LogP contribution in [0.3, 0.4) is 0 Å². The van der Waals surface area contributed by atoms with E-state index in [0.29, 0.717) is 11.6 Å². The molecule has 17 heavy (non-hydrogen) atoms. The van der Waals surface area contributed by atoms with E-state index in [1.807, 2.05) is 24.3 Å². The third-order valence-corrected chi connectivity index (χ3v) is 2.79. The summed E-state index contributed by atoms with van der Waals surface area (Å²) in [6, 6.07) is 7.75. The van der Waals surface area contributed by atoms with E-state index < -0.39 is 0 Å². The summed E-state index contributed by atoms with van der Waals surface area (Å²) in [6.45, 7) is 0.450. The number of nitrogens with zero attached hydrogens (tertiary/aromatic N) is 2. The van der Waals surface area contributed by atoms with Gasteiger partial charge in [0.05, 0.1) is 24.4 Å². The Morgan fingerprint density at radius 3 is 2.94 bits per heavy atom. The summed E-state index contributed by atoms with van der Waals surface area (Å²) in [5.74, 6) is 0.805. The lowest BCUT2D eigenvalue weighted by atomic mass is 10.1. The van der Waals surface area contributed by atoms with Crippen LogP contribution in [0.4, 0.5) is 0 Å². The number of benzene rings is 1. The standard InChI is InChI=1S/C12H14ClN3O/c1-17-11-4-2-3-9(5-11)12(6-14)16-8-10(13)7-15-16/h2-5,7-8,12H,6,14H2,1H3. The van der Waals surface area contributed by atoms with Gasteiger partial charge in [0.15, 0.2) is 0 Å². The number of rotatable bonds is 4. The number of methoxy groups -OCH3 is 1. The van der Waals surface area contributed by atoms with Crippen molar-refractivity contribution in [1.29, 1.82) is 0 Å². The van der Waals surface area contributed by atoms with Crippen molar-refractivity contribution in [2.24, 2.45) is 5.73 Å². The maximum absolute atomic E-state index is 5.86. The maximum Gasteiger partial charge on any atom is 0.119 e. The van der Waals surface area contributed by atoms with Gasteiger partial charge in [-0.2, -0.15) is 5.10 Å². The van der Waals surface area contributed by atoms with Gasteiger partial charge >= 0.3 is 0 Å².